The van der Waals surface area contributed by atoms with E-state index in [9.17, 15) is 9.50 Å². The van der Waals surface area contributed by atoms with Gasteiger partial charge >= 0.3 is 0 Å². The summed E-state index contributed by atoms with van der Waals surface area (Å²) in [6, 6.07) is 13.4. The Morgan fingerprint density at radius 1 is 1.30 bits per heavy atom. The average Bonchev–Trinajstić information content (AvgIpc) is 2.46. The van der Waals surface area contributed by atoms with Gasteiger partial charge in [-0.25, -0.2) is 4.39 Å². The maximum absolute atomic E-state index is 13.8. The molecule has 1 atom stereocenters. The third-order valence-corrected chi connectivity index (χ3v) is 2.93. The van der Waals surface area contributed by atoms with Gasteiger partial charge in [0.2, 0.25) is 0 Å². The van der Waals surface area contributed by atoms with Gasteiger partial charge < -0.3 is 9.84 Å². The van der Waals surface area contributed by atoms with E-state index < -0.39 is 11.9 Å². The summed E-state index contributed by atoms with van der Waals surface area (Å²) in [5, 5.41) is 18.3. The second kappa shape index (κ2) is 6.18. The quantitative estimate of drug-likeness (QED) is 0.928. The molecular formula is C16H14FNO2. The van der Waals surface area contributed by atoms with E-state index in [1.54, 1.807) is 49.4 Å². The molecule has 0 heterocycles. The molecule has 0 aliphatic rings. The van der Waals surface area contributed by atoms with E-state index in [4.69, 9.17) is 10.00 Å². The number of nitriles is 1. The lowest BCUT2D eigenvalue weighted by Gasteiger charge is -2.10. The third kappa shape index (κ3) is 3.14. The van der Waals surface area contributed by atoms with Crippen molar-refractivity contribution in [1.82, 2.24) is 0 Å². The molecule has 3 nitrogen and oxygen atoms in total. The van der Waals surface area contributed by atoms with Gasteiger partial charge in [0.15, 0.2) is 0 Å². The molecule has 1 unspecified atom stereocenters. The zero-order chi connectivity index (χ0) is 14.5. The Morgan fingerprint density at radius 2 is 2.05 bits per heavy atom. The number of nitrogens with zero attached hydrogens (tertiary/aromatic N) is 1. The van der Waals surface area contributed by atoms with E-state index in [1.165, 1.54) is 6.07 Å². The molecule has 20 heavy (non-hydrogen) atoms. The Morgan fingerprint density at radius 3 is 2.75 bits per heavy atom. The van der Waals surface area contributed by atoms with Crippen LogP contribution in [0.15, 0.2) is 42.5 Å². The van der Waals surface area contributed by atoms with E-state index in [1.807, 2.05) is 0 Å². The predicted octanol–water partition coefficient (Wildman–Crippen LogP) is 3.33. The molecule has 0 aliphatic carbocycles. The van der Waals surface area contributed by atoms with Crippen LogP contribution in [0.5, 0.6) is 5.75 Å². The molecule has 0 amide bonds. The molecule has 0 spiro atoms. The molecule has 4 heteroatoms. The molecule has 2 rings (SSSR count). The SMILES string of the molecule is CC(O)c1cccc(OCc2cccc(C#N)c2F)c1. The number of aliphatic hydroxyl groups is 1. The summed E-state index contributed by atoms with van der Waals surface area (Å²) in [6.07, 6.45) is -0.586. The van der Waals surface area contributed by atoms with Crippen LogP contribution in [-0.2, 0) is 6.61 Å². The molecule has 2 aromatic rings. The minimum Gasteiger partial charge on any atom is -0.489 e. The number of ether oxygens (including phenoxy) is 1. The van der Waals surface area contributed by atoms with Crippen molar-refractivity contribution < 1.29 is 14.2 Å². The standard InChI is InChI=1S/C16H14FNO2/c1-11(19)12-4-3-7-15(8-12)20-10-14-6-2-5-13(9-18)16(14)17/h2-8,11,19H,10H2,1H3. The Balaban J connectivity index is 2.13. The summed E-state index contributed by atoms with van der Waals surface area (Å²) >= 11 is 0. The first-order chi connectivity index (χ1) is 9.61. The monoisotopic (exact) mass is 271 g/mol. The van der Waals surface area contributed by atoms with Crippen molar-refractivity contribution in [1.29, 1.82) is 5.26 Å². The molecule has 0 aliphatic heterocycles. The lowest BCUT2D eigenvalue weighted by molar-refractivity contribution is 0.198. The lowest BCUT2D eigenvalue weighted by Crippen LogP contribution is -2.01. The number of aliphatic hydroxyl groups excluding tert-OH is 1. The first kappa shape index (κ1) is 14.0. The first-order valence-electron chi connectivity index (χ1n) is 6.20. The molecule has 0 saturated carbocycles. The van der Waals surface area contributed by atoms with Gasteiger partial charge in [-0.15, -0.1) is 0 Å². The van der Waals surface area contributed by atoms with Crippen molar-refractivity contribution >= 4 is 0 Å². The number of halogens is 1. The van der Waals surface area contributed by atoms with Gasteiger partial charge in [0, 0.05) is 5.56 Å². The highest BCUT2D eigenvalue weighted by Crippen LogP contribution is 2.21. The van der Waals surface area contributed by atoms with Gasteiger partial charge in [-0.05, 0) is 30.7 Å². The topological polar surface area (TPSA) is 53.2 Å². The zero-order valence-corrected chi connectivity index (χ0v) is 11.0. The lowest BCUT2D eigenvalue weighted by atomic mass is 10.1. The molecule has 2 aromatic carbocycles. The van der Waals surface area contributed by atoms with Gasteiger partial charge in [0.1, 0.15) is 24.2 Å². The molecule has 1 N–H and O–H groups in total. The van der Waals surface area contributed by atoms with Crippen LogP contribution in [-0.4, -0.2) is 5.11 Å². The highest BCUT2D eigenvalue weighted by Gasteiger charge is 2.08. The summed E-state index contributed by atoms with van der Waals surface area (Å²) in [7, 11) is 0. The molecule has 0 saturated heterocycles. The third-order valence-electron chi connectivity index (χ3n) is 2.93. The van der Waals surface area contributed by atoms with Crippen LogP contribution in [0.25, 0.3) is 0 Å². The number of benzene rings is 2. The van der Waals surface area contributed by atoms with Gasteiger partial charge in [0.25, 0.3) is 0 Å². The zero-order valence-electron chi connectivity index (χ0n) is 11.0. The Hall–Kier alpha value is -2.38. The molecule has 0 aromatic heterocycles. The minimum atomic E-state index is -0.586. The number of hydrogen-bond donors (Lipinski definition) is 1. The van der Waals surface area contributed by atoms with Crippen LogP contribution in [0.4, 0.5) is 4.39 Å². The Labute approximate surface area is 116 Å². The fourth-order valence-electron chi connectivity index (χ4n) is 1.80. The van der Waals surface area contributed by atoms with Crippen LogP contribution in [0.3, 0.4) is 0 Å². The van der Waals surface area contributed by atoms with Crippen molar-refractivity contribution in [2.75, 3.05) is 0 Å². The smallest absolute Gasteiger partial charge is 0.147 e. The van der Waals surface area contributed by atoms with E-state index >= 15 is 0 Å². The predicted molar refractivity (Wildman–Crippen MR) is 72.5 cm³/mol. The molecule has 0 bridgehead atoms. The minimum absolute atomic E-state index is 0.00355. The molecule has 0 radical (unpaired) electrons. The number of rotatable bonds is 4. The fourth-order valence-corrected chi connectivity index (χ4v) is 1.80. The van der Waals surface area contributed by atoms with Gasteiger partial charge in [-0.3, -0.25) is 0 Å². The molecule has 102 valence electrons. The Kier molecular flexibility index (Phi) is 4.34. The summed E-state index contributed by atoms with van der Waals surface area (Å²) in [4.78, 5) is 0. The summed E-state index contributed by atoms with van der Waals surface area (Å²) in [5.41, 5.74) is 1.06. The van der Waals surface area contributed by atoms with Crippen molar-refractivity contribution in [3.8, 4) is 11.8 Å². The second-order valence-corrected chi connectivity index (χ2v) is 4.43. The largest absolute Gasteiger partial charge is 0.489 e. The summed E-state index contributed by atoms with van der Waals surface area (Å²) < 4.78 is 19.3. The molecular weight excluding hydrogens is 257 g/mol. The van der Waals surface area contributed by atoms with Crippen LogP contribution in [0.2, 0.25) is 0 Å². The van der Waals surface area contributed by atoms with E-state index in [0.717, 1.165) is 5.56 Å². The maximum atomic E-state index is 13.8. The second-order valence-electron chi connectivity index (χ2n) is 4.43. The van der Waals surface area contributed by atoms with Crippen LogP contribution >= 0.6 is 0 Å². The van der Waals surface area contributed by atoms with Crippen molar-refractivity contribution in [2.24, 2.45) is 0 Å². The normalized spacial score (nSPS) is 11.7. The summed E-state index contributed by atoms with van der Waals surface area (Å²) in [6.45, 7) is 1.69. The average molecular weight is 271 g/mol. The van der Waals surface area contributed by atoms with E-state index in [0.29, 0.717) is 11.3 Å². The van der Waals surface area contributed by atoms with Crippen LogP contribution in [0, 0.1) is 17.1 Å². The highest BCUT2D eigenvalue weighted by atomic mass is 19.1. The fraction of sp³-hybridized carbons (Fsp3) is 0.188. The summed E-state index contributed by atoms with van der Waals surface area (Å²) in [5.74, 6) is -0.00755. The van der Waals surface area contributed by atoms with E-state index in [-0.39, 0.29) is 12.2 Å². The Bertz CT molecular complexity index is 647. The van der Waals surface area contributed by atoms with Crippen molar-refractivity contribution in [2.45, 2.75) is 19.6 Å². The van der Waals surface area contributed by atoms with Gasteiger partial charge in [-0.1, -0.05) is 24.3 Å². The highest BCUT2D eigenvalue weighted by molar-refractivity contribution is 5.35. The van der Waals surface area contributed by atoms with Crippen LogP contribution in [0.1, 0.15) is 29.7 Å². The van der Waals surface area contributed by atoms with Gasteiger partial charge in [0.05, 0.1) is 11.7 Å². The van der Waals surface area contributed by atoms with E-state index in [2.05, 4.69) is 0 Å². The molecule has 0 fully saturated rings. The first-order valence-corrected chi connectivity index (χ1v) is 6.20. The van der Waals surface area contributed by atoms with Crippen molar-refractivity contribution in [3.63, 3.8) is 0 Å². The number of hydrogen-bond acceptors (Lipinski definition) is 3. The van der Waals surface area contributed by atoms with Gasteiger partial charge in [-0.2, -0.15) is 5.26 Å². The van der Waals surface area contributed by atoms with Crippen LogP contribution < -0.4 is 4.74 Å². The maximum Gasteiger partial charge on any atom is 0.147 e. The van der Waals surface area contributed by atoms with Crippen molar-refractivity contribution in [3.05, 3.63) is 65.0 Å².